The molecule has 0 aromatic carbocycles. The Kier molecular flexibility index (Phi) is 7.58. The molecular formula is C16H28N4O. The zero-order chi connectivity index (χ0) is 15.7. The zero-order valence-corrected chi connectivity index (χ0v) is 13.6. The SMILES string of the molecule is CCN(CC)c1cc(CNC(=O)NCCC(C)C)ccn1. The third-order valence-corrected chi connectivity index (χ3v) is 3.36. The first-order valence-corrected chi connectivity index (χ1v) is 7.78. The van der Waals surface area contributed by atoms with Crippen molar-refractivity contribution in [2.45, 2.75) is 40.7 Å². The first-order chi connectivity index (χ1) is 10.1. The summed E-state index contributed by atoms with van der Waals surface area (Å²) in [5, 5.41) is 5.75. The molecule has 0 unspecified atom stereocenters. The Bertz CT molecular complexity index is 430. The smallest absolute Gasteiger partial charge is 0.315 e. The van der Waals surface area contributed by atoms with Crippen molar-refractivity contribution >= 4 is 11.8 Å². The van der Waals surface area contributed by atoms with E-state index in [2.05, 4.69) is 48.2 Å². The van der Waals surface area contributed by atoms with Gasteiger partial charge in [-0.1, -0.05) is 13.8 Å². The molecule has 5 heteroatoms. The van der Waals surface area contributed by atoms with Gasteiger partial charge in [-0.15, -0.1) is 0 Å². The van der Waals surface area contributed by atoms with Crippen LogP contribution in [0.15, 0.2) is 18.3 Å². The monoisotopic (exact) mass is 292 g/mol. The van der Waals surface area contributed by atoms with Crippen molar-refractivity contribution in [1.29, 1.82) is 0 Å². The van der Waals surface area contributed by atoms with Crippen molar-refractivity contribution in [2.24, 2.45) is 5.92 Å². The number of aromatic nitrogens is 1. The predicted molar refractivity (Wildman–Crippen MR) is 87.5 cm³/mol. The molecule has 1 heterocycles. The molecule has 0 bridgehead atoms. The van der Waals surface area contributed by atoms with E-state index in [-0.39, 0.29) is 6.03 Å². The van der Waals surface area contributed by atoms with Crippen LogP contribution < -0.4 is 15.5 Å². The molecule has 1 aromatic rings. The Morgan fingerprint density at radius 3 is 2.62 bits per heavy atom. The molecular weight excluding hydrogens is 264 g/mol. The van der Waals surface area contributed by atoms with Crippen molar-refractivity contribution in [2.75, 3.05) is 24.5 Å². The van der Waals surface area contributed by atoms with Crippen molar-refractivity contribution in [1.82, 2.24) is 15.6 Å². The first-order valence-electron chi connectivity index (χ1n) is 7.78. The maximum atomic E-state index is 11.7. The van der Waals surface area contributed by atoms with E-state index in [0.29, 0.717) is 19.0 Å². The van der Waals surface area contributed by atoms with Crippen molar-refractivity contribution in [3.63, 3.8) is 0 Å². The summed E-state index contributed by atoms with van der Waals surface area (Å²) < 4.78 is 0. The van der Waals surface area contributed by atoms with Gasteiger partial charge in [-0.2, -0.15) is 0 Å². The molecule has 0 aliphatic rings. The van der Waals surface area contributed by atoms with Gasteiger partial charge in [0.15, 0.2) is 0 Å². The molecule has 5 nitrogen and oxygen atoms in total. The molecule has 1 aromatic heterocycles. The third-order valence-electron chi connectivity index (χ3n) is 3.36. The summed E-state index contributed by atoms with van der Waals surface area (Å²) >= 11 is 0. The average Bonchev–Trinajstić information content (AvgIpc) is 2.46. The highest BCUT2D eigenvalue weighted by Crippen LogP contribution is 2.12. The Hall–Kier alpha value is -1.78. The summed E-state index contributed by atoms with van der Waals surface area (Å²) in [4.78, 5) is 18.2. The van der Waals surface area contributed by atoms with Gasteiger partial charge in [-0.25, -0.2) is 9.78 Å². The molecule has 0 fully saturated rings. The van der Waals surface area contributed by atoms with Crippen LogP contribution in [-0.2, 0) is 6.54 Å². The van der Waals surface area contributed by atoms with Gasteiger partial charge in [0, 0.05) is 32.4 Å². The van der Waals surface area contributed by atoms with Crippen LogP contribution in [0.25, 0.3) is 0 Å². The van der Waals surface area contributed by atoms with E-state index in [0.717, 1.165) is 30.9 Å². The fourth-order valence-electron chi connectivity index (χ4n) is 2.01. The van der Waals surface area contributed by atoms with Gasteiger partial charge in [-0.05, 0) is 43.9 Å². The van der Waals surface area contributed by atoms with Crippen molar-refractivity contribution in [3.8, 4) is 0 Å². The fraction of sp³-hybridized carbons (Fsp3) is 0.625. The minimum atomic E-state index is -0.114. The van der Waals surface area contributed by atoms with Crippen molar-refractivity contribution < 1.29 is 4.79 Å². The molecule has 0 saturated heterocycles. The average molecular weight is 292 g/mol. The molecule has 21 heavy (non-hydrogen) atoms. The lowest BCUT2D eigenvalue weighted by molar-refractivity contribution is 0.240. The third kappa shape index (κ3) is 6.47. The second-order valence-corrected chi connectivity index (χ2v) is 5.49. The highest BCUT2D eigenvalue weighted by Gasteiger charge is 2.05. The molecule has 0 radical (unpaired) electrons. The number of hydrogen-bond donors (Lipinski definition) is 2. The number of amides is 2. The largest absolute Gasteiger partial charge is 0.357 e. The molecule has 118 valence electrons. The topological polar surface area (TPSA) is 57.3 Å². The molecule has 0 aliphatic carbocycles. The van der Waals surface area contributed by atoms with E-state index in [1.165, 1.54) is 0 Å². The van der Waals surface area contributed by atoms with Crippen molar-refractivity contribution in [3.05, 3.63) is 23.9 Å². The number of urea groups is 1. The maximum absolute atomic E-state index is 11.7. The summed E-state index contributed by atoms with van der Waals surface area (Å²) in [5.74, 6) is 1.56. The van der Waals surface area contributed by atoms with Crippen LogP contribution in [0.2, 0.25) is 0 Å². The summed E-state index contributed by atoms with van der Waals surface area (Å²) in [7, 11) is 0. The van der Waals surface area contributed by atoms with Crippen LogP contribution in [0.5, 0.6) is 0 Å². The highest BCUT2D eigenvalue weighted by molar-refractivity contribution is 5.73. The number of nitrogens with zero attached hydrogens (tertiary/aromatic N) is 2. The van der Waals surface area contributed by atoms with Crippen LogP contribution in [-0.4, -0.2) is 30.6 Å². The number of pyridine rings is 1. The van der Waals surface area contributed by atoms with E-state index < -0.39 is 0 Å². The van der Waals surface area contributed by atoms with Gasteiger partial charge in [0.25, 0.3) is 0 Å². The van der Waals surface area contributed by atoms with Crippen LogP contribution in [0.4, 0.5) is 10.6 Å². The summed E-state index contributed by atoms with van der Waals surface area (Å²) in [6.45, 7) is 11.6. The van der Waals surface area contributed by atoms with Gasteiger partial charge < -0.3 is 15.5 Å². The zero-order valence-electron chi connectivity index (χ0n) is 13.6. The fourth-order valence-corrected chi connectivity index (χ4v) is 2.01. The summed E-state index contributed by atoms with van der Waals surface area (Å²) in [6.07, 6.45) is 2.79. The Morgan fingerprint density at radius 1 is 1.29 bits per heavy atom. The second-order valence-electron chi connectivity index (χ2n) is 5.49. The van der Waals surface area contributed by atoms with Gasteiger partial charge in [0.2, 0.25) is 0 Å². The van der Waals surface area contributed by atoms with Crippen LogP contribution in [0.3, 0.4) is 0 Å². The minimum Gasteiger partial charge on any atom is -0.357 e. The number of carbonyl (C=O) groups excluding carboxylic acids is 1. The minimum absolute atomic E-state index is 0.114. The lowest BCUT2D eigenvalue weighted by Gasteiger charge is -2.20. The Morgan fingerprint density at radius 2 is 2.00 bits per heavy atom. The van der Waals surface area contributed by atoms with Crippen LogP contribution in [0, 0.1) is 5.92 Å². The molecule has 2 amide bonds. The number of carbonyl (C=O) groups is 1. The lowest BCUT2D eigenvalue weighted by Crippen LogP contribution is -2.36. The number of hydrogen-bond acceptors (Lipinski definition) is 3. The predicted octanol–water partition coefficient (Wildman–Crippen LogP) is 2.77. The number of nitrogens with one attached hydrogen (secondary N) is 2. The molecule has 0 saturated carbocycles. The molecule has 0 spiro atoms. The summed E-state index contributed by atoms with van der Waals surface area (Å²) in [5.41, 5.74) is 1.06. The lowest BCUT2D eigenvalue weighted by atomic mass is 10.1. The molecule has 2 N–H and O–H groups in total. The summed E-state index contributed by atoms with van der Waals surface area (Å²) in [6, 6.07) is 3.85. The quantitative estimate of drug-likeness (QED) is 0.774. The van der Waals surface area contributed by atoms with Gasteiger partial charge >= 0.3 is 6.03 Å². The maximum Gasteiger partial charge on any atom is 0.315 e. The molecule has 0 aliphatic heterocycles. The highest BCUT2D eigenvalue weighted by atomic mass is 16.2. The molecule has 0 atom stereocenters. The number of rotatable bonds is 8. The van der Waals surface area contributed by atoms with E-state index in [1.54, 1.807) is 6.20 Å². The Labute approximate surface area is 128 Å². The van der Waals surface area contributed by atoms with Gasteiger partial charge in [0.1, 0.15) is 5.82 Å². The van der Waals surface area contributed by atoms with E-state index in [9.17, 15) is 4.79 Å². The van der Waals surface area contributed by atoms with E-state index in [4.69, 9.17) is 0 Å². The van der Waals surface area contributed by atoms with Crippen LogP contribution >= 0.6 is 0 Å². The first kappa shape index (κ1) is 17.3. The second kappa shape index (κ2) is 9.21. The van der Waals surface area contributed by atoms with Crippen LogP contribution in [0.1, 0.15) is 39.7 Å². The van der Waals surface area contributed by atoms with Gasteiger partial charge in [0.05, 0.1) is 0 Å². The van der Waals surface area contributed by atoms with E-state index >= 15 is 0 Å². The standard InChI is InChI=1S/C16H28N4O/c1-5-20(6-2)15-11-14(8-10-17-15)12-19-16(21)18-9-7-13(3)4/h8,10-11,13H,5-7,9,12H2,1-4H3,(H2,18,19,21). The van der Waals surface area contributed by atoms with Gasteiger partial charge in [-0.3, -0.25) is 0 Å². The van der Waals surface area contributed by atoms with E-state index in [1.807, 2.05) is 12.1 Å². The Balaban J connectivity index is 2.44. The number of anilines is 1. The molecule has 1 rings (SSSR count). The normalized spacial score (nSPS) is 10.5.